The SMILES string of the molecule is CN(C)CC1(O)OC(C)(C)c2nc3ccccc3cc21. The molecular formula is C16H20N2O2. The van der Waals surface area contributed by atoms with E-state index in [0.29, 0.717) is 6.54 Å². The van der Waals surface area contributed by atoms with Crippen LogP contribution in [-0.4, -0.2) is 35.6 Å². The van der Waals surface area contributed by atoms with Crippen LogP contribution in [0.25, 0.3) is 10.9 Å². The van der Waals surface area contributed by atoms with E-state index < -0.39 is 11.4 Å². The van der Waals surface area contributed by atoms with Gasteiger partial charge in [0.15, 0.2) is 0 Å². The number of aromatic nitrogens is 1. The van der Waals surface area contributed by atoms with E-state index in [9.17, 15) is 5.11 Å². The summed E-state index contributed by atoms with van der Waals surface area (Å²) in [6, 6.07) is 9.92. The third-order valence-corrected chi connectivity index (χ3v) is 3.67. The van der Waals surface area contributed by atoms with Crippen LogP contribution in [0.3, 0.4) is 0 Å². The van der Waals surface area contributed by atoms with Crippen LogP contribution >= 0.6 is 0 Å². The summed E-state index contributed by atoms with van der Waals surface area (Å²) in [6.07, 6.45) is 0. The van der Waals surface area contributed by atoms with Crippen molar-refractivity contribution in [3.05, 3.63) is 41.6 Å². The summed E-state index contributed by atoms with van der Waals surface area (Å²) in [5, 5.41) is 11.9. The first-order valence-corrected chi connectivity index (χ1v) is 6.80. The standard InChI is InChI=1S/C16H20N2O2/c1-15(2)14-12(16(19,20-15)10-18(3)4)9-11-7-5-6-8-13(11)17-14/h5-9,19H,10H2,1-4H3. The number of rotatable bonds is 2. The maximum absolute atomic E-state index is 10.9. The van der Waals surface area contributed by atoms with Crippen LogP contribution in [0.5, 0.6) is 0 Å². The lowest BCUT2D eigenvalue weighted by atomic mass is 9.97. The van der Waals surface area contributed by atoms with Gasteiger partial charge in [-0.25, -0.2) is 4.98 Å². The van der Waals surface area contributed by atoms with Crippen molar-refractivity contribution in [3.63, 3.8) is 0 Å². The summed E-state index contributed by atoms with van der Waals surface area (Å²) in [5.74, 6) is -1.31. The van der Waals surface area contributed by atoms with E-state index in [1.165, 1.54) is 0 Å². The van der Waals surface area contributed by atoms with Crippen LogP contribution in [0.2, 0.25) is 0 Å². The number of benzene rings is 1. The van der Waals surface area contributed by atoms with Crippen LogP contribution < -0.4 is 0 Å². The molecule has 1 aromatic heterocycles. The molecule has 0 radical (unpaired) electrons. The molecule has 106 valence electrons. The third-order valence-electron chi connectivity index (χ3n) is 3.67. The van der Waals surface area contributed by atoms with Gasteiger partial charge in [0.1, 0.15) is 5.60 Å². The molecule has 4 nitrogen and oxygen atoms in total. The third kappa shape index (κ3) is 2.00. The van der Waals surface area contributed by atoms with Gasteiger partial charge in [0.25, 0.3) is 0 Å². The number of pyridine rings is 1. The number of aliphatic hydroxyl groups is 1. The van der Waals surface area contributed by atoms with Crippen molar-refractivity contribution in [2.24, 2.45) is 0 Å². The Hall–Kier alpha value is -1.49. The Morgan fingerprint density at radius 3 is 2.65 bits per heavy atom. The smallest absolute Gasteiger partial charge is 0.208 e. The van der Waals surface area contributed by atoms with E-state index in [4.69, 9.17) is 9.72 Å². The highest BCUT2D eigenvalue weighted by molar-refractivity contribution is 5.80. The Labute approximate surface area is 119 Å². The van der Waals surface area contributed by atoms with Crippen LogP contribution in [0.15, 0.2) is 30.3 Å². The largest absolute Gasteiger partial charge is 0.361 e. The topological polar surface area (TPSA) is 45.6 Å². The number of likely N-dealkylation sites (N-methyl/N-ethyl adjacent to an activating group) is 1. The zero-order valence-electron chi connectivity index (χ0n) is 12.3. The molecule has 4 heteroatoms. The molecule has 1 aliphatic rings. The molecule has 0 amide bonds. The molecular weight excluding hydrogens is 252 g/mol. The molecule has 0 bridgehead atoms. The number of ether oxygens (including phenoxy) is 1. The van der Waals surface area contributed by atoms with Gasteiger partial charge >= 0.3 is 0 Å². The van der Waals surface area contributed by atoms with Crippen LogP contribution in [-0.2, 0) is 16.1 Å². The van der Waals surface area contributed by atoms with E-state index >= 15 is 0 Å². The predicted octanol–water partition coefficient (Wildman–Crippen LogP) is 2.21. The molecule has 1 N–H and O–H groups in total. The second kappa shape index (κ2) is 4.25. The Morgan fingerprint density at radius 2 is 1.95 bits per heavy atom. The summed E-state index contributed by atoms with van der Waals surface area (Å²) < 4.78 is 5.94. The molecule has 20 heavy (non-hydrogen) atoms. The molecule has 0 spiro atoms. The Kier molecular flexibility index (Phi) is 2.87. The molecule has 1 aliphatic heterocycles. The molecule has 0 fully saturated rings. The molecule has 2 aromatic rings. The van der Waals surface area contributed by atoms with E-state index in [0.717, 1.165) is 22.2 Å². The van der Waals surface area contributed by atoms with Crippen molar-refractivity contribution >= 4 is 10.9 Å². The molecule has 0 saturated carbocycles. The number of hydrogen-bond acceptors (Lipinski definition) is 4. The molecule has 1 aromatic carbocycles. The fourth-order valence-electron chi connectivity index (χ4n) is 2.94. The van der Waals surface area contributed by atoms with Gasteiger partial charge in [0, 0.05) is 10.9 Å². The van der Waals surface area contributed by atoms with Gasteiger partial charge in [-0.05, 0) is 40.1 Å². The first-order valence-electron chi connectivity index (χ1n) is 6.80. The van der Waals surface area contributed by atoms with Gasteiger partial charge in [-0.1, -0.05) is 18.2 Å². The summed E-state index contributed by atoms with van der Waals surface area (Å²) in [5.41, 5.74) is 1.93. The highest BCUT2D eigenvalue weighted by atomic mass is 16.6. The Bertz CT molecular complexity index is 667. The van der Waals surface area contributed by atoms with Crippen LogP contribution in [0.1, 0.15) is 25.1 Å². The fraction of sp³-hybridized carbons (Fsp3) is 0.438. The number of para-hydroxylation sites is 1. The Morgan fingerprint density at radius 1 is 1.25 bits per heavy atom. The van der Waals surface area contributed by atoms with Crippen molar-refractivity contribution in [1.82, 2.24) is 9.88 Å². The highest BCUT2D eigenvalue weighted by Gasteiger charge is 2.49. The molecule has 1 atom stereocenters. The Balaban J connectivity index is 2.23. The first kappa shape index (κ1) is 13.5. The predicted molar refractivity (Wildman–Crippen MR) is 78.3 cm³/mol. The zero-order valence-corrected chi connectivity index (χ0v) is 12.3. The van der Waals surface area contributed by atoms with Gasteiger partial charge in [0.2, 0.25) is 5.79 Å². The lowest BCUT2D eigenvalue weighted by Gasteiger charge is -2.29. The summed E-state index contributed by atoms with van der Waals surface area (Å²) in [4.78, 5) is 6.62. The summed E-state index contributed by atoms with van der Waals surface area (Å²) in [7, 11) is 3.83. The second-order valence-corrected chi connectivity index (χ2v) is 6.21. The van der Waals surface area contributed by atoms with Crippen LogP contribution in [0, 0.1) is 0 Å². The number of fused-ring (bicyclic) bond motifs is 2. The zero-order chi connectivity index (χ0) is 14.5. The molecule has 3 rings (SSSR count). The molecule has 0 saturated heterocycles. The van der Waals surface area contributed by atoms with Gasteiger partial charge in [-0.15, -0.1) is 0 Å². The quantitative estimate of drug-likeness (QED) is 0.910. The molecule has 0 aliphatic carbocycles. The van der Waals surface area contributed by atoms with Crippen molar-refractivity contribution < 1.29 is 9.84 Å². The monoisotopic (exact) mass is 272 g/mol. The number of hydrogen-bond donors (Lipinski definition) is 1. The van der Waals surface area contributed by atoms with Crippen molar-refractivity contribution in [1.29, 1.82) is 0 Å². The van der Waals surface area contributed by atoms with Crippen molar-refractivity contribution in [3.8, 4) is 0 Å². The van der Waals surface area contributed by atoms with Crippen molar-refractivity contribution in [2.45, 2.75) is 25.2 Å². The van der Waals surface area contributed by atoms with Gasteiger partial charge in [0.05, 0.1) is 17.8 Å². The molecule has 1 unspecified atom stereocenters. The second-order valence-electron chi connectivity index (χ2n) is 6.21. The maximum Gasteiger partial charge on any atom is 0.208 e. The van der Waals surface area contributed by atoms with E-state index in [1.807, 2.05) is 63.2 Å². The lowest BCUT2D eigenvalue weighted by molar-refractivity contribution is -0.255. The van der Waals surface area contributed by atoms with Gasteiger partial charge < -0.3 is 14.7 Å². The maximum atomic E-state index is 10.9. The van der Waals surface area contributed by atoms with Crippen LogP contribution in [0.4, 0.5) is 0 Å². The minimum Gasteiger partial charge on any atom is -0.361 e. The van der Waals surface area contributed by atoms with E-state index in [-0.39, 0.29) is 0 Å². The van der Waals surface area contributed by atoms with E-state index in [2.05, 4.69) is 0 Å². The first-order chi connectivity index (χ1) is 9.32. The normalized spacial score (nSPS) is 24.3. The van der Waals surface area contributed by atoms with E-state index in [1.54, 1.807) is 0 Å². The summed E-state index contributed by atoms with van der Waals surface area (Å²) in [6.45, 7) is 4.30. The van der Waals surface area contributed by atoms with Gasteiger partial charge in [-0.2, -0.15) is 0 Å². The minimum atomic E-state index is -1.31. The highest BCUT2D eigenvalue weighted by Crippen LogP contribution is 2.45. The average Bonchev–Trinajstić information content (AvgIpc) is 2.53. The molecule has 2 heterocycles. The number of nitrogens with zero attached hydrogens (tertiary/aromatic N) is 2. The van der Waals surface area contributed by atoms with Gasteiger partial charge in [-0.3, -0.25) is 0 Å². The minimum absolute atomic E-state index is 0.406. The fourth-order valence-corrected chi connectivity index (χ4v) is 2.94. The average molecular weight is 272 g/mol. The summed E-state index contributed by atoms with van der Waals surface area (Å²) >= 11 is 0. The van der Waals surface area contributed by atoms with Crippen molar-refractivity contribution in [2.75, 3.05) is 20.6 Å². The lowest BCUT2D eigenvalue weighted by Crippen LogP contribution is -2.39.